The van der Waals surface area contributed by atoms with E-state index in [2.05, 4.69) is 39.3 Å². The zero-order valence-electron chi connectivity index (χ0n) is 16.0. The highest BCUT2D eigenvalue weighted by Crippen LogP contribution is 2.35. The summed E-state index contributed by atoms with van der Waals surface area (Å²) >= 11 is 1.73. The van der Waals surface area contributed by atoms with Gasteiger partial charge in [0.2, 0.25) is 5.91 Å². The van der Waals surface area contributed by atoms with Crippen LogP contribution in [0.3, 0.4) is 0 Å². The van der Waals surface area contributed by atoms with E-state index in [0.717, 1.165) is 62.5 Å². The molecule has 0 radical (unpaired) electrons. The molecule has 0 spiro atoms. The topological polar surface area (TPSA) is 70.2 Å². The number of rotatable bonds is 3. The molecule has 0 saturated carbocycles. The molecule has 0 aromatic carbocycles. The van der Waals surface area contributed by atoms with Crippen molar-refractivity contribution >= 4 is 45.7 Å². The van der Waals surface area contributed by atoms with E-state index in [9.17, 15) is 4.79 Å². The van der Waals surface area contributed by atoms with E-state index in [1.54, 1.807) is 17.7 Å². The Labute approximate surface area is 170 Å². The average molecular weight is 410 g/mol. The van der Waals surface area contributed by atoms with Gasteiger partial charge in [0.05, 0.1) is 5.39 Å². The van der Waals surface area contributed by atoms with Crippen molar-refractivity contribution in [2.75, 3.05) is 31.1 Å². The molecule has 148 valence electrons. The number of nitrogens with one attached hydrogen (secondary N) is 2. The van der Waals surface area contributed by atoms with E-state index in [0.29, 0.717) is 6.04 Å². The Kier molecular flexibility index (Phi) is 6.55. The third kappa shape index (κ3) is 4.20. The minimum atomic E-state index is 0. The first kappa shape index (κ1) is 20.3. The first-order valence-electron chi connectivity index (χ1n) is 9.60. The van der Waals surface area contributed by atoms with E-state index in [-0.39, 0.29) is 24.2 Å². The minimum absolute atomic E-state index is 0. The molecule has 2 aromatic heterocycles. The van der Waals surface area contributed by atoms with Crippen molar-refractivity contribution in [3.63, 3.8) is 0 Å². The Bertz CT molecular complexity index is 797. The number of thiophene rings is 1. The molecular formula is C19H28ClN5OS. The number of amides is 1. The van der Waals surface area contributed by atoms with Crippen LogP contribution in [0, 0.1) is 19.8 Å². The van der Waals surface area contributed by atoms with Gasteiger partial charge in [0.15, 0.2) is 0 Å². The molecule has 2 N–H and O–H groups in total. The van der Waals surface area contributed by atoms with E-state index >= 15 is 0 Å². The summed E-state index contributed by atoms with van der Waals surface area (Å²) in [4.78, 5) is 26.3. The van der Waals surface area contributed by atoms with Crippen molar-refractivity contribution in [1.82, 2.24) is 20.6 Å². The largest absolute Gasteiger partial charge is 0.356 e. The molecule has 1 atom stereocenters. The maximum Gasteiger partial charge on any atom is 0.223 e. The van der Waals surface area contributed by atoms with Gasteiger partial charge in [-0.05, 0) is 51.6 Å². The lowest BCUT2D eigenvalue weighted by atomic mass is 9.94. The summed E-state index contributed by atoms with van der Waals surface area (Å²) in [7, 11) is 0. The number of carbonyl (C=O) groups is 1. The second-order valence-corrected chi connectivity index (χ2v) is 8.68. The van der Waals surface area contributed by atoms with Gasteiger partial charge in [-0.15, -0.1) is 23.7 Å². The van der Waals surface area contributed by atoms with Gasteiger partial charge < -0.3 is 15.5 Å². The summed E-state index contributed by atoms with van der Waals surface area (Å²) in [6, 6.07) is 0.298. The number of nitrogens with zero attached hydrogens (tertiary/aromatic N) is 3. The highest BCUT2D eigenvalue weighted by molar-refractivity contribution is 7.18. The first-order chi connectivity index (χ1) is 12.6. The molecule has 2 saturated heterocycles. The normalized spacial score (nSPS) is 21.1. The number of aromatic nitrogens is 2. The van der Waals surface area contributed by atoms with Crippen LogP contribution in [0.25, 0.3) is 10.2 Å². The van der Waals surface area contributed by atoms with Crippen molar-refractivity contribution in [2.24, 2.45) is 5.92 Å². The standard InChI is InChI=1S/C19H27N5OS.ClH/c1-12-13(2)26-19-16(12)17(21-11-22-19)24-8-5-14(6-9-24)18(25)23-15-4-3-7-20-10-15;/h11,14-15,20H,3-10H2,1-2H3,(H,23,25);1H/t15-;/m0./s1. The number of anilines is 1. The highest BCUT2D eigenvalue weighted by Gasteiger charge is 2.28. The van der Waals surface area contributed by atoms with Gasteiger partial charge in [-0.1, -0.05) is 0 Å². The number of aryl methyl sites for hydroxylation is 2. The van der Waals surface area contributed by atoms with Crippen LogP contribution < -0.4 is 15.5 Å². The van der Waals surface area contributed by atoms with E-state index < -0.39 is 0 Å². The lowest BCUT2D eigenvalue weighted by Crippen LogP contribution is -2.49. The van der Waals surface area contributed by atoms with Crippen LogP contribution in [0.1, 0.15) is 36.1 Å². The second kappa shape index (κ2) is 8.71. The van der Waals surface area contributed by atoms with Gasteiger partial charge in [0.1, 0.15) is 17.0 Å². The summed E-state index contributed by atoms with van der Waals surface area (Å²) in [5, 5.41) is 7.79. The number of hydrogen-bond acceptors (Lipinski definition) is 6. The van der Waals surface area contributed by atoms with Gasteiger partial charge in [0, 0.05) is 36.5 Å². The molecule has 0 bridgehead atoms. The predicted molar refractivity (Wildman–Crippen MR) is 113 cm³/mol. The van der Waals surface area contributed by atoms with E-state index in [1.807, 2.05) is 0 Å². The smallest absolute Gasteiger partial charge is 0.223 e. The molecule has 4 rings (SSSR count). The van der Waals surface area contributed by atoms with Crippen molar-refractivity contribution in [1.29, 1.82) is 0 Å². The molecule has 1 amide bonds. The molecule has 6 nitrogen and oxygen atoms in total. The summed E-state index contributed by atoms with van der Waals surface area (Å²) in [5.74, 6) is 1.39. The Morgan fingerprint density at radius 1 is 1.26 bits per heavy atom. The van der Waals surface area contributed by atoms with Crippen LogP contribution in [0.5, 0.6) is 0 Å². The molecule has 2 aromatic rings. The van der Waals surface area contributed by atoms with Gasteiger partial charge >= 0.3 is 0 Å². The third-order valence-corrected chi connectivity index (χ3v) is 6.87. The quantitative estimate of drug-likeness (QED) is 0.815. The summed E-state index contributed by atoms with van der Waals surface area (Å²) in [5.41, 5.74) is 1.28. The summed E-state index contributed by atoms with van der Waals surface area (Å²) in [6.07, 6.45) is 5.68. The lowest BCUT2D eigenvalue weighted by Gasteiger charge is -2.33. The monoisotopic (exact) mass is 409 g/mol. The predicted octanol–water partition coefficient (Wildman–Crippen LogP) is 2.81. The van der Waals surface area contributed by atoms with Crippen molar-refractivity contribution < 1.29 is 4.79 Å². The SMILES string of the molecule is Cc1sc2ncnc(N3CCC(C(=O)N[C@H]4CCCNC4)CC3)c2c1C.Cl. The van der Waals surface area contributed by atoms with Crippen LogP contribution in [0.4, 0.5) is 5.82 Å². The Morgan fingerprint density at radius 2 is 2.04 bits per heavy atom. The maximum atomic E-state index is 12.6. The van der Waals surface area contributed by atoms with Crippen molar-refractivity contribution in [3.05, 3.63) is 16.8 Å². The van der Waals surface area contributed by atoms with Gasteiger partial charge in [-0.3, -0.25) is 4.79 Å². The molecule has 2 aliphatic rings. The molecule has 0 aliphatic carbocycles. The van der Waals surface area contributed by atoms with E-state index in [1.165, 1.54) is 15.8 Å². The maximum absolute atomic E-state index is 12.6. The number of fused-ring (bicyclic) bond motifs is 1. The Hall–Kier alpha value is -1.44. The third-order valence-electron chi connectivity index (χ3n) is 5.75. The van der Waals surface area contributed by atoms with Crippen LogP contribution in [0.15, 0.2) is 6.33 Å². The minimum Gasteiger partial charge on any atom is -0.356 e. The van der Waals surface area contributed by atoms with Crippen molar-refractivity contribution in [2.45, 2.75) is 45.6 Å². The first-order valence-corrected chi connectivity index (χ1v) is 10.4. The zero-order chi connectivity index (χ0) is 18.1. The van der Waals surface area contributed by atoms with Gasteiger partial charge in [-0.25, -0.2) is 9.97 Å². The van der Waals surface area contributed by atoms with E-state index in [4.69, 9.17) is 0 Å². The lowest BCUT2D eigenvalue weighted by molar-refractivity contribution is -0.126. The van der Waals surface area contributed by atoms with Crippen LogP contribution in [-0.4, -0.2) is 48.1 Å². The number of hydrogen-bond donors (Lipinski definition) is 2. The second-order valence-electron chi connectivity index (χ2n) is 7.47. The van der Waals surface area contributed by atoms with Crippen LogP contribution in [-0.2, 0) is 4.79 Å². The number of piperidine rings is 2. The molecular weight excluding hydrogens is 382 g/mol. The average Bonchev–Trinajstić information content (AvgIpc) is 2.97. The molecule has 0 unspecified atom stereocenters. The summed E-state index contributed by atoms with van der Waals surface area (Å²) in [6.45, 7) is 8.02. The zero-order valence-corrected chi connectivity index (χ0v) is 17.6. The van der Waals surface area contributed by atoms with Gasteiger partial charge in [0.25, 0.3) is 0 Å². The number of halogens is 1. The van der Waals surface area contributed by atoms with Crippen LogP contribution in [0.2, 0.25) is 0 Å². The molecule has 8 heteroatoms. The Balaban J connectivity index is 0.00000210. The van der Waals surface area contributed by atoms with Crippen LogP contribution >= 0.6 is 23.7 Å². The molecule has 2 aliphatic heterocycles. The molecule has 4 heterocycles. The Morgan fingerprint density at radius 3 is 2.74 bits per heavy atom. The molecule has 2 fully saturated rings. The summed E-state index contributed by atoms with van der Waals surface area (Å²) < 4.78 is 0. The van der Waals surface area contributed by atoms with Crippen molar-refractivity contribution in [3.8, 4) is 0 Å². The number of carbonyl (C=O) groups excluding carboxylic acids is 1. The fourth-order valence-electron chi connectivity index (χ4n) is 4.05. The fourth-order valence-corrected chi connectivity index (χ4v) is 5.04. The fraction of sp³-hybridized carbons (Fsp3) is 0.632. The molecule has 27 heavy (non-hydrogen) atoms. The van der Waals surface area contributed by atoms with Gasteiger partial charge in [-0.2, -0.15) is 0 Å². The highest BCUT2D eigenvalue weighted by atomic mass is 35.5.